The molecule has 0 bridgehead atoms. The molecule has 1 atom stereocenters. The first-order valence-corrected chi connectivity index (χ1v) is 8.30. The molecule has 2 rings (SSSR count). The third kappa shape index (κ3) is 3.47. The molecule has 0 N–H and O–H groups in total. The zero-order valence-electron chi connectivity index (χ0n) is 9.35. The van der Waals surface area contributed by atoms with Gasteiger partial charge in [-0.1, -0.05) is 28.1 Å². The first-order valence-electron chi connectivity index (χ1n) is 5.14. The summed E-state index contributed by atoms with van der Waals surface area (Å²) in [5, 5.41) is 2.85. The molecule has 0 radical (unpaired) electrons. The highest BCUT2D eigenvalue weighted by molar-refractivity contribution is 9.10. The Balaban J connectivity index is 2.06. The number of thiazole rings is 1. The Morgan fingerprint density at radius 3 is 2.94 bits per heavy atom. The van der Waals surface area contributed by atoms with Crippen LogP contribution in [0.25, 0.3) is 0 Å². The molecule has 17 heavy (non-hydrogen) atoms. The lowest BCUT2D eigenvalue weighted by Gasteiger charge is -2.06. The van der Waals surface area contributed by atoms with Gasteiger partial charge in [-0.05, 0) is 24.1 Å². The van der Waals surface area contributed by atoms with Gasteiger partial charge >= 0.3 is 0 Å². The number of nitrogens with zero attached hydrogens (tertiary/aromatic N) is 1. The van der Waals surface area contributed by atoms with Crippen molar-refractivity contribution in [2.45, 2.75) is 18.4 Å². The van der Waals surface area contributed by atoms with Gasteiger partial charge in [0.25, 0.3) is 0 Å². The van der Waals surface area contributed by atoms with Gasteiger partial charge in [-0.2, -0.15) is 0 Å². The quantitative estimate of drug-likeness (QED) is 0.856. The monoisotopic (exact) mass is 329 g/mol. The van der Waals surface area contributed by atoms with Crippen molar-refractivity contribution in [3.8, 4) is 0 Å². The zero-order chi connectivity index (χ0) is 12.3. The Kier molecular flexibility index (Phi) is 4.48. The molecule has 0 amide bonds. The van der Waals surface area contributed by atoms with E-state index < -0.39 is 10.8 Å². The molecule has 0 aliphatic rings. The summed E-state index contributed by atoms with van der Waals surface area (Å²) >= 11 is 5.04. The number of rotatable bonds is 4. The van der Waals surface area contributed by atoms with E-state index in [1.54, 1.807) is 17.5 Å². The molecule has 0 unspecified atom stereocenters. The molecule has 1 aromatic heterocycles. The molecule has 2 aromatic rings. The number of benzene rings is 1. The van der Waals surface area contributed by atoms with Gasteiger partial charge in [0.15, 0.2) is 0 Å². The van der Waals surface area contributed by atoms with Crippen LogP contribution in [-0.2, 0) is 22.3 Å². The van der Waals surface area contributed by atoms with Crippen LogP contribution < -0.4 is 0 Å². The van der Waals surface area contributed by atoms with Gasteiger partial charge in [-0.25, -0.2) is 4.98 Å². The van der Waals surface area contributed by atoms with Crippen molar-refractivity contribution in [3.05, 3.63) is 50.4 Å². The maximum absolute atomic E-state index is 12.0. The van der Waals surface area contributed by atoms with Gasteiger partial charge in [-0.3, -0.25) is 4.21 Å². The number of halogens is 1. The summed E-state index contributed by atoms with van der Waals surface area (Å²) < 4.78 is 13.1. The van der Waals surface area contributed by atoms with Crippen LogP contribution in [0.3, 0.4) is 0 Å². The summed E-state index contributed by atoms with van der Waals surface area (Å²) in [6, 6.07) is 6.01. The normalized spacial score (nSPS) is 12.6. The molecule has 0 saturated heterocycles. The summed E-state index contributed by atoms with van der Waals surface area (Å²) in [7, 11) is -0.892. The average molecular weight is 330 g/mol. The summed E-state index contributed by atoms with van der Waals surface area (Å²) in [6.07, 6.45) is 1.75. The van der Waals surface area contributed by atoms with Crippen molar-refractivity contribution >= 4 is 38.1 Å². The third-order valence-electron chi connectivity index (χ3n) is 2.46. The van der Waals surface area contributed by atoms with E-state index in [9.17, 15) is 4.21 Å². The first kappa shape index (κ1) is 12.9. The lowest BCUT2D eigenvalue weighted by molar-refractivity contribution is 0.682. The molecule has 0 aliphatic heterocycles. The van der Waals surface area contributed by atoms with Gasteiger partial charge in [0.1, 0.15) is 5.01 Å². The minimum Gasteiger partial charge on any atom is -0.259 e. The van der Waals surface area contributed by atoms with Crippen LogP contribution in [0.15, 0.2) is 34.2 Å². The van der Waals surface area contributed by atoms with Gasteiger partial charge < -0.3 is 0 Å². The molecule has 0 fully saturated rings. The highest BCUT2D eigenvalue weighted by atomic mass is 79.9. The van der Waals surface area contributed by atoms with E-state index in [0.29, 0.717) is 11.5 Å². The first-order chi connectivity index (χ1) is 8.16. The molecule has 0 saturated carbocycles. The average Bonchev–Trinajstić information content (AvgIpc) is 2.77. The fourth-order valence-electron chi connectivity index (χ4n) is 1.49. The van der Waals surface area contributed by atoms with Crippen molar-refractivity contribution in [3.63, 3.8) is 0 Å². The smallest absolute Gasteiger partial charge is 0.105 e. The van der Waals surface area contributed by atoms with E-state index in [4.69, 9.17) is 0 Å². The van der Waals surface area contributed by atoms with E-state index in [1.165, 1.54) is 5.56 Å². The Hall–Kier alpha value is -0.520. The van der Waals surface area contributed by atoms with Crippen LogP contribution in [-0.4, -0.2) is 9.19 Å². The minimum absolute atomic E-state index is 0.545. The fraction of sp³-hybridized carbons (Fsp3) is 0.250. The predicted molar refractivity (Wildman–Crippen MR) is 76.5 cm³/mol. The summed E-state index contributed by atoms with van der Waals surface area (Å²) in [5.74, 6) is 1.13. The van der Waals surface area contributed by atoms with E-state index in [0.717, 1.165) is 15.0 Å². The van der Waals surface area contributed by atoms with E-state index in [-0.39, 0.29) is 0 Å². The summed E-state index contributed by atoms with van der Waals surface area (Å²) in [4.78, 5) is 4.15. The van der Waals surface area contributed by atoms with Gasteiger partial charge in [0.2, 0.25) is 0 Å². The Bertz CT molecular complexity index is 525. The van der Waals surface area contributed by atoms with Crippen LogP contribution in [0.1, 0.15) is 16.1 Å². The van der Waals surface area contributed by atoms with Crippen molar-refractivity contribution < 1.29 is 4.21 Å². The maximum atomic E-state index is 12.0. The van der Waals surface area contributed by atoms with Crippen molar-refractivity contribution in [2.24, 2.45) is 0 Å². The van der Waals surface area contributed by atoms with Crippen LogP contribution in [0.5, 0.6) is 0 Å². The lowest BCUT2D eigenvalue weighted by atomic mass is 10.1. The number of aromatic nitrogens is 1. The largest absolute Gasteiger partial charge is 0.259 e. The third-order valence-corrected chi connectivity index (χ3v) is 5.51. The molecule has 2 nitrogen and oxygen atoms in total. The summed E-state index contributed by atoms with van der Waals surface area (Å²) in [5.41, 5.74) is 2.30. The van der Waals surface area contributed by atoms with Crippen molar-refractivity contribution in [1.29, 1.82) is 0 Å². The topological polar surface area (TPSA) is 30.0 Å². The second-order valence-electron chi connectivity index (χ2n) is 3.68. The van der Waals surface area contributed by atoms with Crippen LogP contribution in [0.2, 0.25) is 0 Å². The molecular weight excluding hydrogens is 318 g/mol. The SMILES string of the molecule is Cc1c(Br)cccc1C[S@](=O)Cc1nccs1. The number of hydrogen-bond donors (Lipinski definition) is 0. The van der Waals surface area contributed by atoms with Crippen molar-refractivity contribution in [1.82, 2.24) is 4.98 Å². The zero-order valence-corrected chi connectivity index (χ0v) is 12.6. The Morgan fingerprint density at radius 1 is 1.41 bits per heavy atom. The van der Waals surface area contributed by atoms with Gasteiger partial charge in [0.05, 0.1) is 5.75 Å². The minimum atomic E-state index is -0.892. The molecule has 0 spiro atoms. The van der Waals surface area contributed by atoms with E-state index in [1.807, 2.05) is 30.5 Å². The van der Waals surface area contributed by atoms with Gasteiger partial charge in [0, 0.05) is 32.6 Å². The Labute approximate surface area is 116 Å². The molecule has 90 valence electrons. The highest BCUT2D eigenvalue weighted by Gasteiger charge is 2.08. The molecule has 5 heteroatoms. The molecule has 1 heterocycles. The second kappa shape index (κ2) is 5.89. The highest BCUT2D eigenvalue weighted by Crippen LogP contribution is 2.21. The Morgan fingerprint density at radius 2 is 2.24 bits per heavy atom. The van der Waals surface area contributed by atoms with Crippen LogP contribution in [0, 0.1) is 6.92 Å². The maximum Gasteiger partial charge on any atom is 0.105 e. The lowest BCUT2D eigenvalue weighted by Crippen LogP contribution is -2.01. The molecule has 0 aliphatic carbocycles. The van der Waals surface area contributed by atoms with Crippen molar-refractivity contribution in [2.75, 3.05) is 0 Å². The summed E-state index contributed by atoms with van der Waals surface area (Å²) in [6.45, 7) is 2.04. The standard InChI is InChI=1S/C12H12BrNOS2/c1-9-10(3-2-4-11(9)13)7-17(15)8-12-14-5-6-16-12/h2-6H,7-8H2,1H3/t17-/m0/s1. The van der Waals surface area contributed by atoms with Gasteiger partial charge in [-0.15, -0.1) is 11.3 Å². The predicted octanol–water partition coefficient (Wildman–Crippen LogP) is 3.66. The molecule has 1 aromatic carbocycles. The van der Waals surface area contributed by atoms with E-state index in [2.05, 4.69) is 20.9 Å². The van der Waals surface area contributed by atoms with Crippen LogP contribution in [0.4, 0.5) is 0 Å². The van der Waals surface area contributed by atoms with E-state index >= 15 is 0 Å². The fourth-order valence-corrected chi connectivity index (χ4v) is 4.08. The second-order valence-corrected chi connectivity index (χ2v) is 6.97. The number of hydrogen-bond acceptors (Lipinski definition) is 3. The van der Waals surface area contributed by atoms with Crippen LogP contribution >= 0.6 is 27.3 Å². The molecular formula is C12H12BrNOS2.